The molecule has 0 radical (unpaired) electrons. The average Bonchev–Trinajstić information content (AvgIpc) is 2.47. The van der Waals surface area contributed by atoms with Gasteiger partial charge in [0.25, 0.3) is 0 Å². The molecule has 2 aliphatic rings. The highest BCUT2D eigenvalue weighted by Crippen LogP contribution is 2.21. The molecule has 0 atom stereocenters. The summed E-state index contributed by atoms with van der Waals surface area (Å²) in [6.07, 6.45) is 2.30. The Morgan fingerprint density at radius 1 is 1.14 bits per heavy atom. The summed E-state index contributed by atoms with van der Waals surface area (Å²) in [5, 5.41) is 5.03. The molecule has 0 saturated carbocycles. The van der Waals surface area contributed by atoms with Crippen molar-refractivity contribution in [3.63, 3.8) is 0 Å². The lowest BCUT2D eigenvalue weighted by Gasteiger charge is -2.43. The fraction of sp³-hybridized carbons (Fsp3) is 0.933. The third kappa shape index (κ3) is 4.16. The minimum Gasteiger partial charge on any atom is -0.340 e. The van der Waals surface area contributed by atoms with Gasteiger partial charge >= 0.3 is 0 Å². The normalized spacial score (nSPS) is 23.5. The standard InChI is InChI=1S/C15H31N5O/c1-15(2,12-17-3)14(21)19-10-8-18(9-11-19)13-4-6-20(16)7-5-13/h13,17H,4-12,16H2,1-3H3. The summed E-state index contributed by atoms with van der Waals surface area (Å²) >= 11 is 0. The van der Waals surface area contributed by atoms with Crippen molar-refractivity contribution in [2.24, 2.45) is 11.3 Å². The second-order valence-corrected chi connectivity index (χ2v) is 7.01. The number of hydrogen-bond acceptors (Lipinski definition) is 5. The van der Waals surface area contributed by atoms with Crippen molar-refractivity contribution in [1.82, 2.24) is 20.1 Å². The molecule has 2 aliphatic heterocycles. The summed E-state index contributed by atoms with van der Waals surface area (Å²) in [5.74, 6) is 6.09. The Labute approximate surface area is 128 Å². The molecule has 21 heavy (non-hydrogen) atoms. The molecule has 3 N–H and O–H groups in total. The molecular formula is C15H31N5O. The van der Waals surface area contributed by atoms with E-state index in [1.807, 2.05) is 30.8 Å². The lowest BCUT2D eigenvalue weighted by molar-refractivity contribution is -0.142. The fourth-order valence-electron chi connectivity index (χ4n) is 3.49. The van der Waals surface area contributed by atoms with E-state index in [0.29, 0.717) is 6.04 Å². The van der Waals surface area contributed by atoms with E-state index in [0.717, 1.165) is 58.7 Å². The van der Waals surface area contributed by atoms with Crippen molar-refractivity contribution in [3.8, 4) is 0 Å². The molecule has 0 aromatic rings. The predicted molar refractivity (Wildman–Crippen MR) is 84.6 cm³/mol. The number of rotatable bonds is 4. The average molecular weight is 297 g/mol. The highest BCUT2D eigenvalue weighted by atomic mass is 16.2. The Morgan fingerprint density at radius 2 is 1.71 bits per heavy atom. The quantitative estimate of drug-likeness (QED) is 0.699. The minimum atomic E-state index is -0.318. The number of nitrogens with two attached hydrogens (primary N) is 1. The molecule has 2 heterocycles. The van der Waals surface area contributed by atoms with Gasteiger partial charge in [0.2, 0.25) is 5.91 Å². The molecule has 0 aliphatic carbocycles. The van der Waals surface area contributed by atoms with Crippen LogP contribution in [0.4, 0.5) is 0 Å². The van der Waals surface area contributed by atoms with Gasteiger partial charge in [-0.2, -0.15) is 0 Å². The lowest BCUT2D eigenvalue weighted by Crippen LogP contribution is -2.57. The molecule has 2 saturated heterocycles. The molecule has 1 amide bonds. The largest absolute Gasteiger partial charge is 0.340 e. The van der Waals surface area contributed by atoms with Gasteiger partial charge in [-0.25, -0.2) is 5.01 Å². The Morgan fingerprint density at radius 3 is 2.24 bits per heavy atom. The number of piperidine rings is 1. The minimum absolute atomic E-state index is 0.272. The van der Waals surface area contributed by atoms with E-state index in [1.165, 1.54) is 0 Å². The van der Waals surface area contributed by atoms with Crippen LogP contribution in [0, 0.1) is 5.41 Å². The topological polar surface area (TPSA) is 64.8 Å². The van der Waals surface area contributed by atoms with Crippen molar-refractivity contribution in [3.05, 3.63) is 0 Å². The zero-order chi connectivity index (χ0) is 15.5. The van der Waals surface area contributed by atoms with E-state index in [9.17, 15) is 4.79 Å². The number of carbonyl (C=O) groups is 1. The summed E-state index contributed by atoms with van der Waals surface area (Å²) in [6.45, 7) is 10.4. The SMILES string of the molecule is CNCC(C)(C)C(=O)N1CCN(C2CCN(N)CC2)CC1. The number of hydrazine groups is 1. The van der Waals surface area contributed by atoms with Gasteiger partial charge in [-0.1, -0.05) is 0 Å². The Kier molecular flexibility index (Phi) is 5.60. The molecule has 6 heteroatoms. The number of carbonyl (C=O) groups excluding carboxylic acids is 1. The molecular weight excluding hydrogens is 266 g/mol. The van der Waals surface area contributed by atoms with Gasteiger partial charge in [0, 0.05) is 51.9 Å². The summed E-state index contributed by atoms with van der Waals surface area (Å²) in [4.78, 5) is 17.2. The van der Waals surface area contributed by atoms with Crippen LogP contribution in [0.15, 0.2) is 0 Å². The number of piperazine rings is 1. The van der Waals surface area contributed by atoms with Gasteiger partial charge in [-0.05, 0) is 33.7 Å². The van der Waals surface area contributed by atoms with Crippen molar-refractivity contribution in [2.45, 2.75) is 32.7 Å². The number of nitrogens with one attached hydrogen (secondary N) is 1. The van der Waals surface area contributed by atoms with Crippen molar-refractivity contribution >= 4 is 5.91 Å². The smallest absolute Gasteiger partial charge is 0.229 e. The first-order valence-corrected chi connectivity index (χ1v) is 8.12. The second kappa shape index (κ2) is 7.05. The van der Waals surface area contributed by atoms with Gasteiger partial charge < -0.3 is 10.2 Å². The van der Waals surface area contributed by atoms with Gasteiger partial charge in [-0.15, -0.1) is 0 Å². The van der Waals surface area contributed by atoms with E-state index >= 15 is 0 Å². The number of nitrogens with zero attached hydrogens (tertiary/aromatic N) is 3. The van der Waals surface area contributed by atoms with Crippen LogP contribution < -0.4 is 11.2 Å². The predicted octanol–water partition coefficient (Wildman–Crippen LogP) is -0.286. The van der Waals surface area contributed by atoms with Crippen molar-refractivity contribution in [1.29, 1.82) is 0 Å². The molecule has 2 fully saturated rings. The maximum absolute atomic E-state index is 12.6. The Hall–Kier alpha value is -0.690. The second-order valence-electron chi connectivity index (χ2n) is 7.01. The molecule has 0 aromatic carbocycles. The van der Waals surface area contributed by atoms with Crippen LogP contribution in [0.25, 0.3) is 0 Å². The molecule has 0 spiro atoms. The number of amides is 1. The van der Waals surface area contributed by atoms with Crippen LogP contribution >= 0.6 is 0 Å². The molecule has 0 unspecified atom stereocenters. The van der Waals surface area contributed by atoms with Gasteiger partial charge in [0.1, 0.15) is 0 Å². The molecule has 0 bridgehead atoms. The maximum atomic E-state index is 12.6. The third-order valence-corrected chi connectivity index (χ3v) is 4.81. The molecule has 2 rings (SSSR count). The van der Waals surface area contributed by atoms with Crippen molar-refractivity contribution < 1.29 is 4.79 Å². The van der Waals surface area contributed by atoms with Crippen LogP contribution in [-0.4, -0.2) is 79.6 Å². The molecule has 6 nitrogen and oxygen atoms in total. The van der Waals surface area contributed by atoms with E-state index in [4.69, 9.17) is 5.84 Å². The Balaban J connectivity index is 1.81. The first-order chi connectivity index (χ1) is 9.94. The van der Waals surface area contributed by atoms with Crippen LogP contribution in [0.1, 0.15) is 26.7 Å². The summed E-state index contributed by atoms with van der Waals surface area (Å²) in [5.41, 5.74) is -0.318. The lowest BCUT2D eigenvalue weighted by atomic mass is 9.91. The van der Waals surface area contributed by atoms with Gasteiger partial charge in [0.15, 0.2) is 0 Å². The zero-order valence-corrected chi connectivity index (χ0v) is 13.8. The first kappa shape index (κ1) is 16.7. The summed E-state index contributed by atoms with van der Waals surface area (Å²) in [7, 11) is 1.90. The van der Waals surface area contributed by atoms with Crippen LogP contribution in [0.3, 0.4) is 0 Å². The third-order valence-electron chi connectivity index (χ3n) is 4.81. The van der Waals surface area contributed by atoms with E-state index in [1.54, 1.807) is 0 Å². The van der Waals surface area contributed by atoms with E-state index in [-0.39, 0.29) is 11.3 Å². The summed E-state index contributed by atoms with van der Waals surface area (Å²) in [6, 6.07) is 0.646. The van der Waals surface area contributed by atoms with Crippen molar-refractivity contribution in [2.75, 3.05) is 52.9 Å². The van der Waals surface area contributed by atoms with Crippen LogP contribution in [0.5, 0.6) is 0 Å². The van der Waals surface area contributed by atoms with E-state index in [2.05, 4.69) is 10.2 Å². The number of hydrogen-bond donors (Lipinski definition) is 2. The monoisotopic (exact) mass is 297 g/mol. The maximum Gasteiger partial charge on any atom is 0.229 e. The molecule has 0 aromatic heterocycles. The van der Waals surface area contributed by atoms with Crippen LogP contribution in [0.2, 0.25) is 0 Å². The fourth-order valence-corrected chi connectivity index (χ4v) is 3.49. The summed E-state index contributed by atoms with van der Waals surface area (Å²) < 4.78 is 0. The van der Waals surface area contributed by atoms with Gasteiger partial charge in [0.05, 0.1) is 5.41 Å². The van der Waals surface area contributed by atoms with Gasteiger partial charge in [-0.3, -0.25) is 15.5 Å². The molecule has 122 valence electrons. The van der Waals surface area contributed by atoms with E-state index < -0.39 is 0 Å². The zero-order valence-electron chi connectivity index (χ0n) is 13.8. The van der Waals surface area contributed by atoms with Crippen LogP contribution in [-0.2, 0) is 4.79 Å². The first-order valence-electron chi connectivity index (χ1n) is 8.12. The Bertz CT molecular complexity index is 344. The highest BCUT2D eigenvalue weighted by Gasteiger charge is 2.34. The highest BCUT2D eigenvalue weighted by molar-refractivity contribution is 5.82.